The number of anilines is 1. The van der Waals surface area contributed by atoms with E-state index in [1.54, 1.807) is 28.8 Å². The number of nitrogen functional groups attached to an aromatic ring is 1. The predicted molar refractivity (Wildman–Crippen MR) is 133 cm³/mol. The van der Waals surface area contributed by atoms with Crippen LogP contribution in [0.4, 0.5) is 5.69 Å². The van der Waals surface area contributed by atoms with Crippen LogP contribution in [0.1, 0.15) is 34.1 Å². The predicted octanol–water partition coefficient (Wildman–Crippen LogP) is 3.50. The third kappa shape index (κ3) is 4.50. The first-order valence-corrected chi connectivity index (χ1v) is 11.2. The van der Waals surface area contributed by atoms with Gasteiger partial charge in [0.2, 0.25) is 5.78 Å². The number of carbonyl (C=O) groups is 2. The van der Waals surface area contributed by atoms with Crippen LogP contribution in [0.3, 0.4) is 0 Å². The first-order valence-electron chi connectivity index (χ1n) is 11.2. The van der Waals surface area contributed by atoms with E-state index in [0.717, 1.165) is 16.8 Å². The second-order valence-electron chi connectivity index (χ2n) is 8.01. The number of nitrogens with zero attached hydrogens (tertiary/aromatic N) is 2. The molecule has 0 atom stereocenters. The molecule has 183 valence electrons. The van der Waals surface area contributed by atoms with Gasteiger partial charge < -0.3 is 20.3 Å². The molecule has 1 radical (unpaired) electrons. The largest absolute Gasteiger partial charge is 0.497 e. The molecule has 0 saturated heterocycles. The zero-order chi connectivity index (χ0) is 25.8. The van der Waals surface area contributed by atoms with Crippen molar-refractivity contribution >= 4 is 29.2 Å². The van der Waals surface area contributed by atoms with Gasteiger partial charge >= 0.3 is 5.97 Å². The van der Waals surface area contributed by atoms with Gasteiger partial charge in [0, 0.05) is 12.0 Å². The van der Waals surface area contributed by atoms with Crippen LogP contribution >= 0.6 is 0 Å². The van der Waals surface area contributed by atoms with Crippen LogP contribution in [0.15, 0.2) is 54.6 Å². The molecule has 2 heterocycles. The van der Waals surface area contributed by atoms with Gasteiger partial charge in [-0.15, -0.1) is 0 Å². The zero-order valence-corrected chi connectivity index (χ0v) is 19.8. The number of aliphatic carboxylic acids is 1. The fourth-order valence-corrected chi connectivity index (χ4v) is 4.23. The Bertz CT molecular complexity index is 1440. The molecule has 36 heavy (non-hydrogen) atoms. The van der Waals surface area contributed by atoms with Gasteiger partial charge in [0.15, 0.2) is 12.4 Å². The maximum atomic E-state index is 12.8. The van der Waals surface area contributed by atoms with Crippen LogP contribution in [-0.4, -0.2) is 46.5 Å². The number of methoxy groups -OCH3 is 1. The van der Waals surface area contributed by atoms with Gasteiger partial charge in [0.25, 0.3) is 6.29 Å². The van der Waals surface area contributed by atoms with Crippen molar-refractivity contribution in [1.82, 2.24) is 9.61 Å². The molecule has 9 nitrogen and oxygen atoms in total. The molecule has 0 aliphatic carbocycles. The van der Waals surface area contributed by atoms with Gasteiger partial charge in [-0.3, -0.25) is 9.59 Å². The van der Waals surface area contributed by atoms with Crippen molar-refractivity contribution in [2.45, 2.75) is 19.8 Å². The lowest BCUT2D eigenvalue weighted by atomic mass is 10.0. The van der Waals surface area contributed by atoms with Crippen molar-refractivity contribution < 1.29 is 29.0 Å². The lowest BCUT2D eigenvalue weighted by Gasteiger charge is -2.16. The quantitative estimate of drug-likeness (QED) is 0.257. The van der Waals surface area contributed by atoms with Crippen LogP contribution in [0.25, 0.3) is 16.8 Å². The number of fused-ring (bicyclic) bond motifs is 1. The van der Waals surface area contributed by atoms with Crippen molar-refractivity contribution in [2.24, 2.45) is 0 Å². The van der Waals surface area contributed by atoms with Crippen molar-refractivity contribution in [1.29, 1.82) is 0 Å². The Hall–Kier alpha value is -4.66. The van der Waals surface area contributed by atoms with Gasteiger partial charge in [-0.25, -0.2) is 9.31 Å². The molecule has 0 amide bonds. The minimum Gasteiger partial charge on any atom is -0.497 e. The molecule has 0 aliphatic rings. The molecule has 4 rings (SSSR count). The second kappa shape index (κ2) is 10.3. The molecule has 0 saturated carbocycles. The smallest absolute Gasteiger partial charge is 0.341 e. The van der Waals surface area contributed by atoms with Crippen LogP contribution in [0, 0.1) is 0 Å². The molecule has 9 heteroatoms. The topological polar surface area (TPSA) is 133 Å². The first-order chi connectivity index (χ1) is 17.4. The van der Waals surface area contributed by atoms with Crippen LogP contribution < -0.4 is 15.2 Å². The summed E-state index contributed by atoms with van der Waals surface area (Å²) in [6, 6.07) is 16.4. The van der Waals surface area contributed by atoms with Gasteiger partial charge in [0.05, 0.1) is 24.1 Å². The molecule has 4 aromatic rings. The van der Waals surface area contributed by atoms with Crippen molar-refractivity contribution in [2.75, 3.05) is 19.5 Å². The van der Waals surface area contributed by atoms with E-state index in [1.165, 1.54) is 13.4 Å². The minimum atomic E-state index is -1.25. The summed E-state index contributed by atoms with van der Waals surface area (Å²) in [5.41, 5.74) is 10.0. The summed E-state index contributed by atoms with van der Waals surface area (Å²) < 4.78 is 12.4. The monoisotopic (exact) mass is 486 g/mol. The summed E-state index contributed by atoms with van der Waals surface area (Å²) in [4.78, 5) is 35.8. The number of ketones is 1. The van der Waals surface area contributed by atoms with Gasteiger partial charge in [0.1, 0.15) is 17.0 Å². The molecule has 0 fully saturated rings. The van der Waals surface area contributed by atoms with E-state index in [4.69, 9.17) is 20.3 Å². The van der Waals surface area contributed by atoms with Crippen LogP contribution in [0.5, 0.6) is 11.5 Å². The number of hydrogen-bond acceptors (Lipinski definition) is 7. The summed E-state index contributed by atoms with van der Waals surface area (Å²) in [5, 5.41) is 14.0. The highest BCUT2D eigenvalue weighted by molar-refractivity contribution is 6.36. The molecule has 3 N–H and O–H groups in total. The van der Waals surface area contributed by atoms with Gasteiger partial charge in [-0.2, -0.15) is 5.10 Å². The summed E-state index contributed by atoms with van der Waals surface area (Å²) in [5.74, 6) is -1.83. The fourth-order valence-electron chi connectivity index (χ4n) is 4.23. The van der Waals surface area contributed by atoms with Crippen LogP contribution in [-0.2, 0) is 22.4 Å². The Morgan fingerprint density at radius 1 is 1.11 bits per heavy atom. The van der Waals surface area contributed by atoms with E-state index in [9.17, 15) is 19.5 Å². The number of hydrogen-bond donors (Lipinski definition) is 2. The normalized spacial score (nSPS) is 10.8. The number of carbonyl (C=O) groups excluding carboxylic acids is 2. The Morgan fingerprint density at radius 3 is 2.39 bits per heavy atom. The average molecular weight is 487 g/mol. The van der Waals surface area contributed by atoms with Crippen molar-refractivity contribution in [3.8, 4) is 22.8 Å². The highest BCUT2D eigenvalue weighted by atomic mass is 16.5. The lowest BCUT2D eigenvalue weighted by molar-refractivity contribution is -0.139. The summed E-state index contributed by atoms with van der Waals surface area (Å²) in [6.07, 6.45) is 2.40. The SMILES string of the molecule is CCc1c(N)c2c(OCC(=O)O)c(C(=O)[C]=O)c(-c3ccc(OC)cc3)nn2c1Cc1ccccc1. The molecule has 0 unspecified atom stereocenters. The highest BCUT2D eigenvalue weighted by Gasteiger charge is 2.29. The maximum Gasteiger partial charge on any atom is 0.341 e. The summed E-state index contributed by atoms with van der Waals surface area (Å²) in [6.45, 7) is 1.19. The molecular weight excluding hydrogens is 462 g/mol. The standard InChI is InChI=1S/C27H24N3O6/c1-3-19-20(13-16-7-5-4-6-8-16)30-26(24(19)28)27(36-15-22(33)34)23(21(32)14-31)25(29-30)17-9-11-18(35-2)12-10-17/h4-12H,3,13,15,28H2,1-2H3,(H,33,34). The number of nitrogens with two attached hydrogens (primary N) is 1. The first kappa shape index (κ1) is 24.5. The molecular formula is C27H24N3O6. The Kier molecular flexibility index (Phi) is 7.00. The number of carboxylic acids is 1. The van der Waals surface area contributed by atoms with E-state index in [1.807, 2.05) is 37.3 Å². The third-order valence-electron chi connectivity index (χ3n) is 5.87. The molecule has 0 spiro atoms. The number of carboxylic acid groups (broad SMARTS) is 1. The molecule has 2 aromatic carbocycles. The number of aromatic nitrogens is 2. The maximum absolute atomic E-state index is 12.8. The van der Waals surface area contributed by atoms with E-state index in [0.29, 0.717) is 29.8 Å². The molecule has 0 aliphatic heterocycles. The summed E-state index contributed by atoms with van der Waals surface area (Å²) >= 11 is 0. The van der Waals surface area contributed by atoms with E-state index in [2.05, 4.69) is 0 Å². The summed E-state index contributed by atoms with van der Waals surface area (Å²) in [7, 11) is 1.53. The Labute approximate surface area is 207 Å². The Balaban J connectivity index is 2.09. The fraction of sp³-hybridized carbons (Fsp3) is 0.185. The Morgan fingerprint density at radius 2 is 1.81 bits per heavy atom. The molecule has 0 bridgehead atoms. The van der Waals surface area contributed by atoms with Crippen molar-refractivity contribution in [3.05, 3.63) is 77.0 Å². The van der Waals surface area contributed by atoms with E-state index >= 15 is 0 Å². The third-order valence-corrected chi connectivity index (χ3v) is 5.87. The number of Topliss-reactive ketones (excluding diaryl/α,β-unsaturated/α-hetero) is 1. The number of ether oxygens (including phenoxy) is 2. The van der Waals surface area contributed by atoms with Gasteiger partial charge in [-0.1, -0.05) is 37.3 Å². The van der Waals surface area contributed by atoms with Gasteiger partial charge in [-0.05, 0) is 41.8 Å². The highest BCUT2D eigenvalue weighted by Crippen LogP contribution is 2.40. The zero-order valence-electron chi connectivity index (χ0n) is 19.8. The second-order valence-corrected chi connectivity index (χ2v) is 8.01. The molecule has 2 aromatic heterocycles. The minimum absolute atomic E-state index is 0.127. The lowest BCUT2D eigenvalue weighted by Crippen LogP contribution is -2.16. The van der Waals surface area contributed by atoms with E-state index < -0.39 is 18.4 Å². The number of rotatable bonds is 10. The van der Waals surface area contributed by atoms with Crippen LogP contribution in [0.2, 0.25) is 0 Å². The van der Waals surface area contributed by atoms with E-state index in [-0.39, 0.29) is 22.5 Å². The number of benzene rings is 2. The van der Waals surface area contributed by atoms with Crippen molar-refractivity contribution in [3.63, 3.8) is 0 Å². The average Bonchev–Trinajstić information content (AvgIpc) is 3.16.